The summed E-state index contributed by atoms with van der Waals surface area (Å²) in [5.74, 6) is -4.65. The highest BCUT2D eigenvalue weighted by Crippen LogP contribution is 2.48. The van der Waals surface area contributed by atoms with Crippen molar-refractivity contribution in [2.45, 2.75) is 102 Å². The van der Waals surface area contributed by atoms with Gasteiger partial charge in [0.2, 0.25) is 20.0 Å². The Labute approximate surface area is 443 Å². The number of hydrogen-bond acceptors (Lipinski definition) is 12. The second kappa shape index (κ2) is 22.5. The summed E-state index contributed by atoms with van der Waals surface area (Å²) in [6, 6.07) is 23.0. The smallest absolute Gasteiger partial charge is 0.320 e. The van der Waals surface area contributed by atoms with Crippen LogP contribution >= 0.6 is 0 Å². The molecule has 20 heteroatoms. The zero-order chi connectivity index (χ0) is 54.1. The molecule has 2 saturated carbocycles. The number of benzene rings is 4. The highest BCUT2D eigenvalue weighted by atomic mass is 32.2. The molecule has 2 amide bonds. The molecule has 10 rings (SSSR count). The maximum atomic E-state index is 12.9. The average molecular weight is 1080 g/mol. The minimum absolute atomic E-state index is 0.173. The maximum Gasteiger partial charge on any atom is 0.320 e. The first-order valence-corrected chi connectivity index (χ1v) is 29.2. The summed E-state index contributed by atoms with van der Waals surface area (Å²) in [6.07, 6.45) is 11.6. The maximum absolute atomic E-state index is 12.9. The molecule has 18 nitrogen and oxygen atoms in total. The van der Waals surface area contributed by atoms with Gasteiger partial charge in [0, 0.05) is 83.3 Å². The van der Waals surface area contributed by atoms with E-state index < -0.39 is 55.3 Å². The second-order valence-electron chi connectivity index (χ2n) is 20.7. The fraction of sp³-hybridized carbons (Fsp3) is 0.429. The number of aromatic nitrogens is 2. The van der Waals surface area contributed by atoms with Crippen molar-refractivity contribution in [2.24, 2.45) is 0 Å². The quantitative estimate of drug-likeness (QED) is 0.0912. The third-order valence-corrected chi connectivity index (χ3v) is 17.6. The molecular formula is C56H66N6O12S2. The number of sulfonamides is 2. The van der Waals surface area contributed by atoms with Crippen LogP contribution in [0.1, 0.15) is 119 Å². The van der Waals surface area contributed by atoms with E-state index >= 15 is 0 Å². The van der Waals surface area contributed by atoms with Crippen molar-refractivity contribution >= 4 is 65.6 Å². The van der Waals surface area contributed by atoms with Gasteiger partial charge in [0.25, 0.3) is 11.8 Å². The SMILES string of the molecule is COc1ccc2c(c1)CN(C)CCn1c-2c(C2CCCCC2)c2ccc(C(=O)NS(=O)(=O)CC(=O)O)cc21.COc1ccc2c(c1)CN(C)CCn1c-2c(C2CCCCC2)c2ccc(C(=O)NS(=O)(=O)CC(=O)O)cc21. The summed E-state index contributed by atoms with van der Waals surface area (Å²) in [5, 5.41) is 19.9. The zero-order valence-electron chi connectivity index (χ0n) is 43.4. The van der Waals surface area contributed by atoms with Crippen LogP contribution in [0.15, 0.2) is 72.8 Å². The van der Waals surface area contributed by atoms with E-state index in [0.717, 1.165) is 108 Å². The summed E-state index contributed by atoms with van der Waals surface area (Å²) in [6.45, 7) is 4.58. The minimum Gasteiger partial charge on any atom is -0.497 e. The largest absolute Gasteiger partial charge is 0.497 e. The van der Waals surface area contributed by atoms with Crippen LogP contribution in [0.5, 0.6) is 11.5 Å². The number of nitrogens with one attached hydrogen (secondary N) is 2. The van der Waals surface area contributed by atoms with E-state index in [2.05, 4.69) is 57.3 Å². The Kier molecular flexibility index (Phi) is 16.0. The lowest BCUT2D eigenvalue weighted by Crippen LogP contribution is -2.35. The van der Waals surface area contributed by atoms with Crippen molar-refractivity contribution in [3.8, 4) is 34.0 Å². The molecule has 76 heavy (non-hydrogen) atoms. The number of hydrogen-bond donors (Lipinski definition) is 4. The lowest BCUT2D eigenvalue weighted by atomic mass is 9.81. The van der Waals surface area contributed by atoms with Gasteiger partial charge >= 0.3 is 11.9 Å². The molecule has 0 unspecified atom stereocenters. The summed E-state index contributed by atoms with van der Waals surface area (Å²) >= 11 is 0. The van der Waals surface area contributed by atoms with Gasteiger partial charge in [-0.05, 0) is 135 Å². The Balaban J connectivity index is 0.000000186. The van der Waals surface area contributed by atoms with Crippen LogP contribution in [0.3, 0.4) is 0 Å². The second-order valence-corrected chi connectivity index (χ2v) is 24.1. The predicted molar refractivity (Wildman–Crippen MR) is 290 cm³/mol. The summed E-state index contributed by atoms with van der Waals surface area (Å²) < 4.78 is 67.8. The number of aliphatic carboxylic acids is 2. The van der Waals surface area contributed by atoms with Gasteiger partial charge in [-0.15, -0.1) is 0 Å². The lowest BCUT2D eigenvalue weighted by molar-refractivity contribution is -0.135. The molecule has 4 aliphatic rings. The molecule has 4 aromatic carbocycles. The molecule has 0 spiro atoms. The summed E-state index contributed by atoms with van der Waals surface area (Å²) in [7, 11) is -1.11. The number of amides is 2. The predicted octanol–water partition coefficient (Wildman–Crippen LogP) is 7.91. The van der Waals surface area contributed by atoms with Crippen molar-refractivity contribution in [2.75, 3.05) is 52.9 Å². The molecule has 0 atom stereocenters. The van der Waals surface area contributed by atoms with Gasteiger partial charge in [0.1, 0.15) is 11.5 Å². The lowest BCUT2D eigenvalue weighted by Gasteiger charge is -2.28. The highest BCUT2D eigenvalue weighted by Gasteiger charge is 2.32. The van der Waals surface area contributed by atoms with Gasteiger partial charge in [-0.2, -0.15) is 0 Å². The molecule has 2 fully saturated rings. The number of carbonyl (C=O) groups is 4. The van der Waals surface area contributed by atoms with Crippen molar-refractivity contribution in [1.82, 2.24) is 28.4 Å². The number of ether oxygens (including phenoxy) is 2. The van der Waals surface area contributed by atoms with E-state index in [-0.39, 0.29) is 11.1 Å². The van der Waals surface area contributed by atoms with Gasteiger partial charge < -0.3 is 38.6 Å². The van der Waals surface area contributed by atoms with Crippen LogP contribution in [0, 0.1) is 0 Å². The molecule has 0 radical (unpaired) electrons. The fourth-order valence-electron chi connectivity index (χ4n) is 11.9. The van der Waals surface area contributed by atoms with E-state index in [9.17, 15) is 36.0 Å². The van der Waals surface area contributed by atoms with E-state index in [1.807, 2.05) is 33.7 Å². The van der Waals surface area contributed by atoms with Gasteiger partial charge in [-0.25, -0.2) is 26.3 Å². The van der Waals surface area contributed by atoms with E-state index in [4.69, 9.17) is 19.7 Å². The van der Waals surface area contributed by atoms with Crippen LogP contribution in [-0.4, -0.2) is 123 Å². The number of carboxylic acid groups (broad SMARTS) is 2. The van der Waals surface area contributed by atoms with E-state index in [0.29, 0.717) is 24.9 Å². The molecular weight excluding hydrogens is 1010 g/mol. The number of likely N-dealkylation sites (N-methyl/N-ethyl adjacent to an activating group) is 2. The van der Waals surface area contributed by atoms with Crippen LogP contribution in [0.2, 0.25) is 0 Å². The van der Waals surface area contributed by atoms with Crippen molar-refractivity contribution in [1.29, 1.82) is 0 Å². The monoisotopic (exact) mass is 1080 g/mol. The molecule has 2 aliphatic carbocycles. The molecule has 4 N–H and O–H groups in total. The van der Waals surface area contributed by atoms with Crippen molar-refractivity contribution in [3.63, 3.8) is 0 Å². The summed E-state index contributed by atoms with van der Waals surface area (Å²) in [5.41, 5.74) is 11.6. The van der Waals surface area contributed by atoms with E-state index in [1.165, 1.54) is 60.8 Å². The zero-order valence-corrected chi connectivity index (χ0v) is 45.0. The third kappa shape index (κ3) is 11.6. The first-order valence-electron chi connectivity index (χ1n) is 25.9. The number of carboxylic acids is 2. The Morgan fingerprint density at radius 2 is 0.921 bits per heavy atom. The molecule has 4 heterocycles. The molecule has 404 valence electrons. The standard InChI is InChI=1S/2C28H33N3O6S/c2*1-30-12-13-31-24-15-19(28(34)29-38(35,36)17-25(32)33)8-10-23(24)26(18-6-4-3-5-7-18)27(31)22-11-9-21(37-2)14-20(22)16-30/h2*8-11,14-15,18H,3-7,12-13,16-17H2,1-2H3,(H,29,34)(H,32,33). The number of rotatable bonds is 12. The number of methoxy groups -OCH3 is 2. The highest BCUT2D eigenvalue weighted by molar-refractivity contribution is 7.91. The average Bonchev–Trinajstić information content (AvgIpc) is 3.93. The molecule has 2 aliphatic heterocycles. The van der Waals surface area contributed by atoms with Gasteiger partial charge in [-0.1, -0.05) is 50.7 Å². The van der Waals surface area contributed by atoms with Crippen LogP contribution in [0.4, 0.5) is 0 Å². The third-order valence-electron chi connectivity index (χ3n) is 15.3. The topological polar surface area (TPSA) is 236 Å². The Morgan fingerprint density at radius 3 is 1.28 bits per heavy atom. The minimum atomic E-state index is -4.30. The Morgan fingerprint density at radius 1 is 0.539 bits per heavy atom. The summed E-state index contributed by atoms with van der Waals surface area (Å²) in [4.78, 5) is 52.1. The normalized spacial score (nSPS) is 16.8. The number of carbonyl (C=O) groups excluding carboxylic acids is 2. The fourth-order valence-corrected chi connectivity index (χ4v) is 13.5. The van der Waals surface area contributed by atoms with E-state index in [1.54, 1.807) is 38.5 Å². The molecule has 2 aromatic heterocycles. The van der Waals surface area contributed by atoms with Crippen LogP contribution in [0.25, 0.3) is 44.3 Å². The molecule has 0 bridgehead atoms. The van der Waals surface area contributed by atoms with Crippen LogP contribution in [-0.2, 0) is 55.8 Å². The first-order chi connectivity index (χ1) is 36.3. The van der Waals surface area contributed by atoms with Gasteiger partial charge in [0.05, 0.1) is 25.6 Å². The van der Waals surface area contributed by atoms with Gasteiger partial charge in [-0.3, -0.25) is 19.2 Å². The first kappa shape index (κ1) is 54.1. The molecule has 6 aromatic rings. The van der Waals surface area contributed by atoms with Crippen molar-refractivity contribution < 1.29 is 55.7 Å². The Bertz CT molecular complexity index is 3240. The van der Waals surface area contributed by atoms with Crippen molar-refractivity contribution in [3.05, 3.63) is 106 Å². The number of fused-ring (bicyclic) bond motifs is 10. The Hall–Kier alpha value is -6.74. The van der Waals surface area contributed by atoms with Crippen LogP contribution < -0.4 is 18.9 Å². The van der Waals surface area contributed by atoms with Gasteiger partial charge in [0.15, 0.2) is 11.5 Å². The molecule has 0 saturated heterocycles. The number of nitrogens with zero attached hydrogens (tertiary/aromatic N) is 4.